The standard InChI is InChI=1S/C25H33NO2/c1-27-25-14-5-4-11-24(25)23(13-7-15-26-16-18-28-19-17-26)22-12-6-9-20-8-2-3-10-21(20)22/h2-5,8,10-11,14,22-23H,6-7,9,12-13,15-19H2,1H3. The molecule has 1 aliphatic heterocycles. The number of nitrogens with zero attached hydrogens (tertiary/aromatic N) is 1. The maximum absolute atomic E-state index is 5.77. The summed E-state index contributed by atoms with van der Waals surface area (Å²) in [6.07, 6.45) is 6.21. The number of morpholine rings is 1. The second kappa shape index (κ2) is 9.58. The zero-order valence-corrected chi connectivity index (χ0v) is 17.1. The third kappa shape index (κ3) is 4.42. The molecule has 0 aromatic heterocycles. The molecule has 1 saturated heterocycles. The molecule has 0 bridgehead atoms. The zero-order chi connectivity index (χ0) is 19.2. The van der Waals surface area contributed by atoms with Crippen LogP contribution in [0.2, 0.25) is 0 Å². The summed E-state index contributed by atoms with van der Waals surface area (Å²) in [4.78, 5) is 2.55. The Labute approximate surface area is 169 Å². The second-order valence-electron chi connectivity index (χ2n) is 8.14. The van der Waals surface area contributed by atoms with Crippen LogP contribution in [0.1, 0.15) is 54.2 Å². The van der Waals surface area contributed by atoms with Gasteiger partial charge in [0, 0.05) is 13.1 Å². The van der Waals surface area contributed by atoms with Crippen molar-refractivity contribution >= 4 is 0 Å². The van der Waals surface area contributed by atoms with E-state index in [1.165, 1.54) is 44.2 Å². The molecule has 3 nitrogen and oxygen atoms in total. The lowest BCUT2D eigenvalue weighted by atomic mass is 9.71. The number of hydrogen-bond donors (Lipinski definition) is 0. The Kier molecular flexibility index (Phi) is 6.66. The number of aryl methyl sites for hydroxylation is 1. The number of ether oxygens (including phenoxy) is 2. The molecule has 3 heteroatoms. The number of hydrogen-bond acceptors (Lipinski definition) is 3. The van der Waals surface area contributed by atoms with E-state index in [0.717, 1.165) is 32.1 Å². The Morgan fingerprint density at radius 2 is 1.86 bits per heavy atom. The van der Waals surface area contributed by atoms with Crippen LogP contribution in [0.15, 0.2) is 48.5 Å². The van der Waals surface area contributed by atoms with E-state index in [2.05, 4.69) is 53.4 Å². The van der Waals surface area contributed by atoms with Crippen molar-refractivity contribution in [2.45, 2.75) is 43.9 Å². The van der Waals surface area contributed by atoms with Crippen LogP contribution in [0.3, 0.4) is 0 Å². The number of methoxy groups -OCH3 is 1. The lowest BCUT2D eigenvalue weighted by Crippen LogP contribution is -2.37. The van der Waals surface area contributed by atoms with Gasteiger partial charge in [0.05, 0.1) is 20.3 Å². The molecule has 4 rings (SSSR count). The lowest BCUT2D eigenvalue weighted by molar-refractivity contribution is 0.0368. The van der Waals surface area contributed by atoms with Gasteiger partial charge in [-0.05, 0) is 73.2 Å². The summed E-state index contributed by atoms with van der Waals surface area (Å²) >= 11 is 0. The van der Waals surface area contributed by atoms with Crippen molar-refractivity contribution in [3.63, 3.8) is 0 Å². The molecule has 0 amide bonds. The first-order valence-corrected chi connectivity index (χ1v) is 10.9. The predicted octanol–water partition coefficient (Wildman–Crippen LogP) is 5.01. The summed E-state index contributed by atoms with van der Waals surface area (Å²) in [6, 6.07) is 17.8. The Bertz CT molecular complexity index is 754. The van der Waals surface area contributed by atoms with Crippen molar-refractivity contribution in [3.8, 4) is 5.75 Å². The Hall–Kier alpha value is -1.84. The predicted molar refractivity (Wildman–Crippen MR) is 114 cm³/mol. The monoisotopic (exact) mass is 379 g/mol. The van der Waals surface area contributed by atoms with Gasteiger partial charge < -0.3 is 9.47 Å². The van der Waals surface area contributed by atoms with Gasteiger partial charge >= 0.3 is 0 Å². The van der Waals surface area contributed by atoms with E-state index in [4.69, 9.17) is 9.47 Å². The summed E-state index contributed by atoms with van der Waals surface area (Å²) in [7, 11) is 1.80. The lowest BCUT2D eigenvalue weighted by Gasteiger charge is -2.34. The average Bonchev–Trinajstić information content (AvgIpc) is 2.77. The third-order valence-electron chi connectivity index (χ3n) is 6.53. The Morgan fingerprint density at radius 3 is 2.71 bits per heavy atom. The summed E-state index contributed by atoms with van der Waals surface area (Å²) in [5, 5.41) is 0. The Morgan fingerprint density at radius 1 is 1.07 bits per heavy atom. The third-order valence-corrected chi connectivity index (χ3v) is 6.53. The molecule has 28 heavy (non-hydrogen) atoms. The molecule has 0 radical (unpaired) electrons. The van der Waals surface area contributed by atoms with Gasteiger partial charge in [-0.3, -0.25) is 4.90 Å². The van der Waals surface area contributed by atoms with Crippen molar-refractivity contribution in [1.29, 1.82) is 0 Å². The van der Waals surface area contributed by atoms with Gasteiger partial charge in [0.1, 0.15) is 5.75 Å². The highest BCUT2D eigenvalue weighted by atomic mass is 16.5. The van der Waals surface area contributed by atoms with Crippen molar-refractivity contribution < 1.29 is 9.47 Å². The van der Waals surface area contributed by atoms with Crippen molar-refractivity contribution in [3.05, 3.63) is 65.2 Å². The van der Waals surface area contributed by atoms with Crippen LogP contribution in [0.4, 0.5) is 0 Å². The minimum Gasteiger partial charge on any atom is -0.496 e. The van der Waals surface area contributed by atoms with Crippen LogP contribution in [0, 0.1) is 0 Å². The molecule has 0 saturated carbocycles. The number of fused-ring (bicyclic) bond motifs is 1. The highest BCUT2D eigenvalue weighted by molar-refractivity contribution is 5.41. The molecule has 2 aromatic carbocycles. The molecule has 2 atom stereocenters. The maximum Gasteiger partial charge on any atom is 0.122 e. The first kappa shape index (κ1) is 19.5. The van der Waals surface area contributed by atoms with E-state index in [9.17, 15) is 0 Å². The molecule has 150 valence electrons. The fraction of sp³-hybridized carbons (Fsp3) is 0.520. The normalized spacial score (nSPS) is 21.1. The van der Waals surface area contributed by atoms with Crippen LogP contribution in [0.25, 0.3) is 0 Å². The zero-order valence-electron chi connectivity index (χ0n) is 17.1. The van der Waals surface area contributed by atoms with E-state index in [0.29, 0.717) is 11.8 Å². The second-order valence-corrected chi connectivity index (χ2v) is 8.14. The van der Waals surface area contributed by atoms with Crippen molar-refractivity contribution in [1.82, 2.24) is 4.90 Å². The van der Waals surface area contributed by atoms with Gasteiger partial charge in [0.2, 0.25) is 0 Å². The fourth-order valence-electron chi connectivity index (χ4n) is 5.12. The van der Waals surface area contributed by atoms with Crippen molar-refractivity contribution in [2.75, 3.05) is 40.0 Å². The van der Waals surface area contributed by atoms with E-state index < -0.39 is 0 Å². The van der Waals surface area contributed by atoms with Gasteiger partial charge in [0.15, 0.2) is 0 Å². The van der Waals surface area contributed by atoms with Gasteiger partial charge in [0.25, 0.3) is 0 Å². The summed E-state index contributed by atoms with van der Waals surface area (Å²) < 4.78 is 11.3. The quantitative estimate of drug-likeness (QED) is 0.675. The van der Waals surface area contributed by atoms with Gasteiger partial charge in [-0.25, -0.2) is 0 Å². The largest absolute Gasteiger partial charge is 0.496 e. The molecule has 0 spiro atoms. The molecule has 2 aliphatic rings. The molecule has 2 aromatic rings. The molecular weight excluding hydrogens is 346 g/mol. The van der Waals surface area contributed by atoms with Gasteiger partial charge in [-0.15, -0.1) is 0 Å². The summed E-state index contributed by atoms with van der Waals surface area (Å²) in [5.74, 6) is 2.14. The highest BCUT2D eigenvalue weighted by Crippen LogP contribution is 2.46. The number of para-hydroxylation sites is 1. The van der Waals surface area contributed by atoms with Gasteiger partial charge in [-0.2, -0.15) is 0 Å². The molecule has 1 fully saturated rings. The van der Waals surface area contributed by atoms with Crippen LogP contribution < -0.4 is 4.74 Å². The fourth-order valence-corrected chi connectivity index (χ4v) is 5.12. The van der Waals surface area contributed by atoms with E-state index in [1.54, 1.807) is 18.2 Å². The van der Waals surface area contributed by atoms with Crippen LogP contribution in [-0.4, -0.2) is 44.9 Å². The first-order valence-electron chi connectivity index (χ1n) is 10.9. The molecule has 0 N–H and O–H groups in total. The molecular formula is C25H33NO2. The highest BCUT2D eigenvalue weighted by Gasteiger charge is 2.30. The van der Waals surface area contributed by atoms with Crippen LogP contribution >= 0.6 is 0 Å². The van der Waals surface area contributed by atoms with E-state index in [1.807, 2.05) is 0 Å². The number of rotatable bonds is 7. The minimum atomic E-state index is 0.513. The smallest absolute Gasteiger partial charge is 0.122 e. The average molecular weight is 380 g/mol. The molecule has 1 heterocycles. The van der Waals surface area contributed by atoms with Crippen LogP contribution in [0.5, 0.6) is 5.75 Å². The summed E-state index contributed by atoms with van der Waals surface area (Å²) in [6.45, 7) is 5.08. The van der Waals surface area contributed by atoms with Gasteiger partial charge in [-0.1, -0.05) is 42.5 Å². The molecule has 2 unspecified atom stereocenters. The first-order chi connectivity index (χ1) is 13.9. The van der Waals surface area contributed by atoms with Crippen molar-refractivity contribution in [2.24, 2.45) is 0 Å². The van der Waals surface area contributed by atoms with E-state index in [-0.39, 0.29) is 0 Å². The Balaban J connectivity index is 1.57. The van der Waals surface area contributed by atoms with E-state index >= 15 is 0 Å². The minimum absolute atomic E-state index is 0.513. The van der Waals surface area contributed by atoms with Crippen LogP contribution in [-0.2, 0) is 11.2 Å². The number of benzene rings is 2. The topological polar surface area (TPSA) is 21.7 Å². The summed E-state index contributed by atoms with van der Waals surface area (Å²) in [5.41, 5.74) is 4.50. The maximum atomic E-state index is 5.77. The molecule has 1 aliphatic carbocycles. The SMILES string of the molecule is COc1ccccc1C(CCCN1CCOCC1)C1CCCc2ccccc21.